The molecule has 0 aliphatic heterocycles. The minimum Gasteiger partial charge on any atom is -0.427 e. The molecule has 1 aliphatic rings. The van der Waals surface area contributed by atoms with Crippen molar-refractivity contribution in [1.29, 1.82) is 0 Å². The molecule has 128 valence electrons. The Labute approximate surface area is 151 Å². The summed E-state index contributed by atoms with van der Waals surface area (Å²) in [5.74, 6) is 0. The van der Waals surface area contributed by atoms with Gasteiger partial charge in [-0.3, -0.25) is 4.98 Å². The molecule has 0 spiro atoms. The number of pyridine rings is 1. The third-order valence-corrected chi connectivity index (χ3v) is 4.85. The number of hydrogen-bond acceptors (Lipinski definition) is 2. The first-order valence-corrected chi connectivity index (χ1v) is 9.20. The fraction of sp³-hybridized carbons (Fsp3) is 0.318. The SMILES string of the molecule is Cc1ccnc(CCCOB(C2=CCCC=C2)c2ccccc2)c1C. The van der Waals surface area contributed by atoms with Gasteiger partial charge in [-0.05, 0) is 67.7 Å². The summed E-state index contributed by atoms with van der Waals surface area (Å²) in [7, 11) is 0. The van der Waals surface area contributed by atoms with Gasteiger partial charge in [0.15, 0.2) is 0 Å². The predicted molar refractivity (Wildman–Crippen MR) is 106 cm³/mol. The zero-order valence-electron chi connectivity index (χ0n) is 15.2. The molecule has 0 saturated carbocycles. The first kappa shape index (κ1) is 17.7. The van der Waals surface area contributed by atoms with Gasteiger partial charge >= 0.3 is 6.92 Å². The van der Waals surface area contributed by atoms with Crippen LogP contribution in [0.3, 0.4) is 0 Å². The molecule has 25 heavy (non-hydrogen) atoms. The van der Waals surface area contributed by atoms with Crippen LogP contribution in [0.5, 0.6) is 0 Å². The lowest BCUT2D eigenvalue weighted by Crippen LogP contribution is -2.36. The predicted octanol–water partition coefficient (Wildman–Crippen LogP) is 4.36. The van der Waals surface area contributed by atoms with Gasteiger partial charge in [0, 0.05) is 18.5 Å². The van der Waals surface area contributed by atoms with Crippen molar-refractivity contribution in [2.75, 3.05) is 6.61 Å². The van der Waals surface area contributed by atoms with E-state index in [1.807, 2.05) is 6.20 Å². The largest absolute Gasteiger partial charge is 0.427 e. The van der Waals surface area contributed by atoms with Crippen LogP contribution in [0, 0.1) is 13.8 Å². The highest BCUT2D eigenvalue weighted by Gasteiger charge is 2.22. The van der Waals surface area contributed by atoms with Gasteiger partial charge in [0.2, 0.25) is 0 Å². The Morgan fingerprint density at radius 3 is 2.68 bits per heavy atom. The first-order chi connectivity index (χ1) is 12.3. The number of rotatable bonds is 7. The number of aryl methyl sites for hydroxylation is 2. The molecule has 3 rings (SSSR count). The van der Waals surface area contributed by atoms with E-state index in [0.29, 0.717) is 0 Å². The topological polar surface area (TPSA) is 22.1 Å². The van der Waals surface area contributed by atoms with Crippen LogP contribution in [0.25, 0.3) is 0 Å². The molecule has 0 atom stereocenters. The van der Waals surface area contributed by atoms with E-state index in [0.717, 1.165) is 32.3 Å². The molecular formula is C22H26BNO. The fourth-order valence-corrected chi connectivity index (χ4v) is 3.22. The standard InChI is InChI=1S/C22H26BNO/c1-18-15-16-24-22(19(18)2)14-9-17-25-23(20-10-5-3-6-11-20)21-12-7-4-8-13-21/h3,5-7,10-13,15-16H,4,8-9,14,17H2,1-2H3. The Morgan fingerprint density at radius 2 is 1.92 bits per heavy atom. The van der Waals surface area contributed by atoms with Gasteiger partial charge in [-0.25, -0.2) is 0 Å². The molecule has 0 fully saturated rings. The number of nitrogens with zero attached hydrogens (tertiary/aromatic N) is 1. The van der Waals surface area contributed by atoms with E-state index >= 15 is 0 Å². The quantitative estimate of drug-likeness (QED) is 0.555. The van der Waals surface area contributed by atoms with E-state index in [1.54, 1.807) is 0 Å². The highest BCUT2D eigenvalue weighted by molar-refractivity contribution is 6.75. The number of hydrogen-bond donors (Lipinski definition) is 0. The van der Waals surface area contributed by atoms with Gasteiger partial charge in [-0.1, -0.05) is 48.6 Å². The Kier molecular flexibility index (Phi) is 6.24. The van der Waals surface area contributed by atoms with Crippen LogP contribution in [-0.4, -0.2) is 18.5 Å². The van der Waals surface area contributed by atoms with Crippen LogP contribution >= 0.6 is 0 Å². The van der Waals surface area contributed by atoms with Crippen molar-refractivity contribution in [2.24, 2.45) is 0 Å². The average Bonchev–Trinajstić information content (AvgIpc) is 2.66. The van der Waals surface area contributed by atoms with E-state index in [1.165, 1.54) is 27.8 Å². The van der Waals surface area contributed by atoms with Crippen LogP contribution in [0.2, 0.25) is 0 Å². The van der Waals surface area contributed by atoms with E-state index < -0.39 is 0 Å². The van der Waals surface area contributed by atoms with Crippen molar-refractivity contribution in [3.8, 4) is 0 Å². The molecule has 0 unspecified atom stereocenters. The van der Waals surface area contributed by atoms with Crippen LogP contribution in [0.15, 0.2) is 66.3 Å². The van der Waals surface area contributed by atoms with Crippen LogP contribution in [0.1, 0.15) is 36.1 Å². The van der Waals surface area contributed by atoms with E-state index in [-0.39, 0.29) is 6.92 Å². The second-order valence-corrected chi connectivity index (χ2v) is 6.65. The highest BCUT2D eigenvalue weighted by atomic mass is 16.4. The molecule has 0 radical (unpaired) electrons. The molecule has 2 aromatic rings. The van der Waals surface area contributed by atoms with Gasteiger partial charge in [-0.15, -0.1) is 0 Å². The minimum absolute atomic E-state index is 0.0318. The fourth-order valence-electron chi connectivity index (χ4n) is 3.22. The summed E-state index contributed by atoms with van der Waals surface area (Å²) in [5.41, 5.74) is 6.31. The van der Waals surface area contributed by atoms with Crippen LogP contribution in [0.4, 0.5) is 0 Å². The van der Waals surface area contributed by atoms with Crippen LogP contribution in [-0.2, 0) is 11.1 Å². The molecule has 0 bridgehead atoms. The maximum absolute atomic E-state index is 6.31. The Balaban J connectivity index is 1.62. The zero-order chi connectivity index (χ0) is 17.5. The summed E-state index contributed by atoms with van der Waals surface area (Å²) in [6.07, 6.45) is 12.9. The minimum atomic E-state index is 0.0318. The Morgan fingerprint density at radius 1 is 1.08 bits per heavy atom. The summed E-state index contributed by atoms with van der Waals surface area (Å²) in [5, 5.41) is 0. The molecule has 1 aliphatic carbocycles. The van der Waals surface area contributed by atoms with Gasteiger partial charge in [0.25, 0.3) is 0 Å². The molecule has 2 nitrogen and oxygen atoms in total. The molecule has 1 aromatic heterocycles. The van der Waals surface area contributed by atoms with Gasteiger partial charge in [0.05, 0.1) is 0 Å². The number of allylic oxidation sites excluding steroid dienone is 4. The highest BCUT2D eigenvalue weighted by Crippen LogP contribution is 2.15. The van der Waals surface area contributed by atoms with Crippen molar-refractivity contribution in [3.05, 3.63) is 83.1 Å². The van der Waals surface area contributed by atoms with Gasteiger partial charge in [-0.2, -0.15) is 0 Å². The summed E-state index contributed by atoms with van der Waals surface area (Å²) in [6, 6.07) is 12.6. The van der Waals surface area contributed by atoms with Crippen molar-refractivity contribution in [3.63, 3.8) is 0 Å². The average molecular weight is 331 g/mol. The van der Waals surface area contributed by atoms with E-state index in [4.69, 9.17) is 4.65 Å². The summed E-state index contributed by atoms with van der Waals surface area (Å²) in [4.78, 5) is 4.53. The third-order valence-electron chi connectivity index (χ3n) is 4.85. The van der Waals surface area contributed by atoms with Crippen molar-refractivity contribution < 1.29 is 4.65 Å². The normalized spacial score (nSPS) is 13.6. The summed E-state index contributed by atoms with van der Waals surface area (Å²) in [6.45, 7) is 5.07. The molecular weight excluding hydrogens is 305 g/mol. The summed E-state index contributed by atoms with van der Waals surface area (Å²) >= 11 is 0. The smallest absolute Gasteiger partial charge is 0.361 e. The molecule has 1 heterocycles. The molecule has 0 N–H and O–H groups in total. The van der Waals surface area contributed by atoms with Crippen molar-refractivity contribution in [1.82, 2.24) is 4.98 Å². The van der Waals surface area contributed by atoms with Gasteiger partial charge < -0.3 is 4.65 Å². The number of aromatic nitrogens is 1. The molecule has 3 heteroatoms. The maximum atomic E-state index is 6.31. The zero-order valence-corrected chi connectivity index (χ0v) is 15.2. The third kappa shape index (κ3) is 4.70. The molecule has 0 amide bonds. The van der Waals surface area contributed by atoms with Crippen molar-refractivity contribution >= 4 is 12.4 Å². The Hall–Kier alpha value is -2.13. The second-order valence-electron chi connectivity index (χ2n) is 6.65. The lowest BCUT2D eigenvalue weighted by molar-refractivity contribution is 0.323. The van der Waals surface area contributed by atoms with E-state index in [2.05, 4.69) is 73.5 Å². The monoisotopic (exact) mass is 331 g/mol. The Bertz CT molecular complexity index is 752. The molecule has 0 saturated heterocycles. The second kappa shape index (κ2) is 8.82. The first-order valence-electron chi connectivity index (χ1n) is 9.20. The lowest BCUT2D eigenvalue weighted by atomic mass is 9.53. The summed E-state index contributed by atoms with van der Waals surface area (Å²) < 4.78 is 6.31. The lowest BCUT2D eigenvalue weighted by Gasteiger charge is -2.18. The number of benzene rings is 1. The maximum Gasteiger partial charge on any atom is 0.361 e. The van der Waals surface area contributed by atoms with Gasteiger partial charge in [0.1, 0.15) is 0 Å². The molecule has 1 aromatic carbocycles. The van der Waals surface area contributed by atoms with E-state index in [9.17, 15) is 0 Å². The van der Waals surface area contributed by atoms with Crippen molar-refractivity contribution in [2.45, 2.75) is 39.5 Å². The van der Waals surface area contributed by atoms with Crippen LogP contribution < -0.4 is 5.46 Å².